The lowest BCUT2D eigenvalue weighted by molar-refractivity contribution is 0.0481. The van der Waals surface area contributed by atoms with Crippen molar-refractivity contribution in [2.24, 2.45) is 0 Å². The predicted molar refractivity (Wildman–Crippen MR) is 122 cm³/mol. The van der Waals surface area contributed by atoms with E-state index in [1.54, 1.807) is 19.9 Å². The number of aromatic nitrogens is 1. The van der Waals surface area contributed by atoms with Crippen LogP contribution in [-0.2, 0) is 16.0 Å². The monoisotopic (exact) mass is 462 g/mol. The number of ether oxygens (including phenoxy) is 2. The Morgan fingerprint density at radius 1 is 1.10 bits per heavy atom. The fraction of sp³-hybridized carbons (Fsp3) is 0.318. The third-order valence-electron chi connectivity index (χ3n) is 4.80. The Morgan fingerprint density at radius 2 is 1.77 bits per heavy atom. The molecule has 1 N–H and O–H groups in total. The zero-order chi connectivity index (χ0) is 22.7. The molecule has 3 aromatic rings. The molecule has 0 spiro atoms. The van der Waals surface area contributed by atoms with Crippen molar-refractivity contribution in [3.63, 3.8) is 0 Å². The van der Waals surface area contributed by atoms with Gasteiger partial charge >= 0.3 is 11.9 Å². The summed E-state index contributed by atoms with van der Waals surface area (Å²) in [7, 11) is 0. The second-order valence-corrected chi connectivity index (χ2v) is 7.94. The van der Waals surface area contributed by atoms with Crippen LogP contribution in [0.15, 0.2) is 23.6 Å². The minimum atomic E-state index is -0.693. The lowest BCUT2D eigenvalue weighted by Crippen LogP contribution is -2.20. The van der Waals surface area contributed by atoms with Crippen LogP contribution in [0.1, 0.15) is 57.5 Å². The van der Waals surface area contributed by atoms with Gasteiger partial charge in [-0.15, -0.1) is 11.3 Å². The van der Waals surface area contributed by atoms with E-state index in [0.717, 1.165) is 27.8 Å². The quantitative estimate of drug-likeness (QED) is 0.482. The number of rotatable bonds is 7. The highest BCUT2D eigenvalue weighted by molar-refractivity contribution is 7.15. The second-order valence-electron chi connectivity index (χ2n) is 6.63. The van der Waals surface area contributed by atoms with Crippen LogP contribution in [0.3, 0.4) is 0 Å². The van der Waals surface area contributed by atoms with Crippen molar-refractivity contribution in [3.8, 4) is 0 Å². The Kier molecular flexibility index (Phi) is 7.02. The summed E-state index contributed by atoms with van der Waals surface area (Å²) >= 11 is 7.22. The van der Waals surface area contributed by atoms with Gasteiger partial charge in [0.05, 0.1) is 18.8 Å². The number of carbonyl (C=O) groups excluding carboxylic acids is 3. The van der Waals surface area contributed by atoms with Crippen molar-refractivity contribution in [3.05, 3.63) is 51.0 Å². The van der Waals surface area contributed by atoms with E-state index in [-0.39, 0.29) is 29.3 Å². The van der Waals surface area contributed by atoms with Gasteiger partial charge in [-0.1, -0.05) is 11.6 Å². The first kappa shape index (κ1) is 22.8. The number of aryl methyl sites for hydroxylation is 2. The van der Waals surface area contributed by atoms with E-state index in [0.29, 0.717) is 17.3 Å². The number of thiophene rings is 1. The summed E-state index contributed by atoms with van der Waals surface area (Å²) in [6.07, 6.45) is 0. The molecule has 0 aliphatic rings. The van der Waals surface area contributed by atoms with E-state index in [1.165, 1.54) is 5.38 Å². The topological polar surface area (TPSA) is 86.6 Å². The van der Waals surface area contributed by atoms with Crippen LogP contribution in [0.25, 0.3) is 10.9 Å². The van der Waals surface area contributed by atoms with E-state index in [9.17, 15) is 14.4 Å². The van der Waals surface area contributed by atoms with E-state index in [4.69, 9.17) is 21.1 Å². The summed E-state index contributed by atoms with van der Waals surface area (Å²) in [6, 6.07) is 5.48. The van der Waals surface area contributed by atoms with Crippen molar-refractivity contribution in [2.75, 3.05) is 18.5 Å². The number of benzene rings is 1. The molecule has 1 amide bonds. The predicted octanol–water partition coefficient (Wildman–Crippen LogP) is 5.29. The number of hydrogen-bond donors (Lipinski definition) is 1. The Labute approximate surface area is 188 Å². The molecule has 0 saturated heterocycles. The zero-order valence-corrected chi connectivity index (χ0v) is 19.3. The molecule has 3 rings (SSSR count). The highest BCUT2D eigenvalue weighted by Gasteiger charge is 2.28. The number of halogens is 1. The first-order valence-corrected chi connectivity index (χ1v) is 11.1. The van der Waals surface area contributed by atoms with Crippen molar-refractivity contribution < 1.29 is 23.9 Å². The fourth-order valence-corrected chi connectivity index (χ4v) is 4.58. The molecule has 0 unspecified atom stereocenters. The molecule has 164 valence electrons. The maximum absolute atomic E-state index is 13.3. The van der Waals surface area contributed by atoms with Crippen molar-refractivity contribution in [1.82, 2.24) is 4.57 Å². The molecular weight excluding hydrogens is 440 g/mol. The van der Waals surface area contributed by atoms with Gasteiger partial charge < -0.3 is 19.4 Å². The molecule has 9 heteroatoms. The van der Waals surface area contributed by atoms with E-state index in [1.807, 2.05) is 30.5 Å². The van der Waals surface area contributed by atoms with Gasteiger partial charge in [0.2, 0.25) is 0 Å². The van der Waals surface area contributed by atoms with Crippen molar-refractivity contribution in [1.29, 1.82) is 0 Å². The molecule has 31 heavy (non-hydrogen) atoms. The molecule has 0 radical (unpaired) electrons. The van der Waals surface area contributed by atoms with E-state index in [2.05, 4.69) is 5.32 Å². The zero-order valence-electron chi connectivity index (χ0n) is 17.7. The van der Waals surface area contributed by atoms with E-state index < -0.39 is 17.8 Å². The fourth-order valence-electron chi connectivity index (χ4n) is 3.49. The number of amides is 1. The average Bonchev–Trinajstić information content (AvgIpc) is 3.27. The molecule has 0 aliphatic carbocycles. The first-order valence-electron chi connectivity index (χ1n) is 9.89. The van der Waals surface area contributed by atoms with Crippen LogP contribution in [0.5, 0.6) is 0 Å². The van der Waals surface area contributed by atoms with Gasteiger partial charge in [-0.2, -0.15) is 0 Å². The van der Waals surface area contributed by atoms with E-state index >= 15 is 0 Å². The van der Waals surface area contributed by atoms with Gasteiger partial charge in [-0.3, -0.25) is 4.79 Å². The standard InChI is InChI=1S/C22H23ClN2O5S/c1-5-25-16-9-8-13(23)10-14(16)12(4)18(25)19(26)24-20-17(22(28)30-7-3)15(11-31-20)21(27)29-6-2/h8-11H,5-7H2,1-4H3,(H,24,26). The third kappa shape index (κ3) is 4.31. The number of esters is 2. The number of nitrogens with zero attached hydrogens (tertiary/aromatic N) is 1. The van der Waals surface area contributed by atoms with Crippen molar-refractivity contribution in [2.45, 2.75) is 34.2 Å². The molecule has 2 heterocycles. The Balaban J connectivity index is 2.05. The number of carbonyl (C=O) groups is 3. The number of anilines is 1. The second kappa shape index (κ2) is 9.53. The number of fused-ring (bicyclic) bond motifs is 1. The van der Waals surface area contributed by atoms with Crippen LogP contribution >= 0.6 is 22.9 Å². The average molecular weight is 463 g/mol. The van der Waals surface area contributed by atoms with Crippen LogP contribution in [0.4, 0.5) is 5.00 Å². The largest absolute Gasteiger partial charge is 0.462 e. The SMILES string of the molecule is CCOC(=O)c1csc(NC(=O)c2c(C)c3cc(Cl)ccc3n2CC)c1C(=O)OCC. The van der Waals surface area contributed by atoms with Crippen LogP contribution in [0, 0.1) is 6.92 Å². The summed E-state index contributed by atoms with van der Waals surface area (Å²) in [5.74, 6) is -1.73. The van der Waals surface area contributed by atoms with Crippen LogP contribution in [-0.4, -0.2) is 35.6 Å². The van der Waals surface area contributed by atoms with Gasteiger partial charge in [0, 0.05) is 27.9 Å². The molecule has 0 bridgehead atoms. The lowest BCUT2D eigenvalue weighted by Gasteiger charge is -2.11. The normalized spacial score (nSPS) is 10.9. The smallest absolute Gasteiger partial charge is 0.342 e. The molecule has 2 aromatic heterocycles. The minimum absolute atomic E-state index is 0.00138. The molecule has 0 aliphatic heterocycles. The molecule has 7 nitrogen and oxygen atoms in total. The minimum Gasteiger partial charge on any atom is -0.462 e. The van der Waals surface area contributed by atoms with Gasteiger partial charge in [-0.05, 0) is 51.5 Å². The number of hydrogen-bond acceptors (Lipinski definition) is 6. The summed E-state index contributed by atoms with van der Waals surface area (Å²) in [6.45, 7) is 8.00. The Hall–Kier alpha value is -2.84. The van der Waals surface area contributed by atoms with Crippen LogP contribution in [0.2, 0.25) is 5.02 Å². The summed E-state index contributed by atoms with van der Waals surface area (Å²) in [5.41, 5.74) is 2.19. The van der Waals surface area contributed by atoms with Gasteiger partial charge in [0.1, 0.15) is 16.3 Å². The third-order valence-corrected chi connectivity index (χ3v) is 5.93. The molecular formula is C22H23ClN2O5S. The lowest BCUT2D eigenvalue weighted by atomic mass is 10.1. The summed E-state index contributed by atoms with van der Waals surface area (Å²) < 4.78 is 12.0. The molecule has 0 fully saturated rings. The summed E-state index contributed by atoms with van der Waals surface area (Å²) in [5, 5.41) is 5.97. The van der Waals surface area contributed by atoms with Gasteiger partial charge in [-0.25, -0.2) is 9.59 Å². The summed E-state index contributed by atoms with van der Waals surface area (Å²) in [4.78, 5) is 38.1. The Bertz CT molecular complexity index is 1160. The maximum atomic E-state index is 13.3. The van der Waals surface area contributed by atoms with Crippen LogP contribution < -0.4 is 5.32 Å². The molecule has 0 saturated carbocycles. The number of nitrogens with one attached hydrogen (secondary N) is 1. The van der Waals surface area contributed by atoms with Gasteiger partial charge in [0.15, 0.2) is 0 Å². The highest BCUT2D eigenvalue weighted by Crippen LogP contribution is 2.33. The van der Waals surface area contributed by atoms with Gasteiger partial charge in [0.25, 0.3) is 5.91 Å². The van der Waals surface area contributed by atoms with Crippen molar-refractivity contribution >= 4 is 56.7 Å². The maximum Gasteiger partial charge on any atom is 0.342 e. The molecule has 0 atom stereocenters. The highest BCUT2D eigenvalue weighted by atomic mass is 35.5. The molecule has 1 aromatic carbocycles. The first-order chi connectivity index (χ1) is 14.8. The Morgan fingerprint density at radius 3 is 2.42 bits per heavy atom.